The molecule has 0 aliphatic carbocycles. The molecule has 1 aromatic rings. The lowest BCUT2D eigenvalue weighted by molar-refractivity contribution is 0.403. The molecule has 0 amide bonds. The molecule has 0 fully saturated rings. The molecule has 4 heteroatoms. The highest BCUT2D eigenvalue weighted by Gasteiger charge is 2.21. The summed E-state index contributed by atoms with van der Waals surface area (Å²) in [6, 6.07) is 7.10. The molecular formula is C16H28N2OS. The Morgan fingerprint density at radius 2 is 2.10 bits per heavy atom. The van der Waals surface area contributed by atoms with Gasteiger partial charge in [0.1, 0.15) is 5.75 Å². The Kier molecular flexibility index (Phi) is 7.24. The van der Waals surface area contributed by atoms with Gasteiger partial charge in [0.05, 0.1) is 7.11 Å². The Morgan fingerprint density at radius 3 is 2.60 bits per heavy atom. The van der Waals surface area contributed by atoms with Crippen LogP contribution in [-0.4, -0.2) is 39.3 Å². The van der Waals surface area contributed by atoms with Crippen LogP contribution in [-0.2, 0) is 0 Å². The second kappa shape index (κ2) is 8.42. The summed E-state index contributed by atoms with van der Waals surface area (Å²) in [5, 5.41) is 3.33. The SMILES string of the molecule is CCC(CSC)N(C)c1cccc(OC)c1C(C)NC. The van der Waals surface area contributed by atoms with Crippen LogP contribution in [0.1, 0.15) is 31.9 Å². The number of ether oxygens (including phenoxy) is 1. The molecule has 20 heavy (non-hydrogen) atoms. The van der Waals surface area contributed by atoms with Crippen molar-refractivity contribution >= 4 is 17.4 Å². The van der Waals surface area contributed by atoms with Gasteiger partial charge in [-0.15, -0.1) is 0 Å². The summed E-state index contributed by atoms with van der Waals surface area (Å²) in [5.74, 6) is 2.09. The van der Waals surface area contributed by atoms with Crippen LogP contribution >= 0.6 is 11.8 Å². The second-order valence-corrected chi connectivity index (χ2v) is 5.94. The third kappa shape index (κ3) is 3.83. The molecule has 0 saturated heterocycles. The van der Waals surface area contributed by atoms with Crippen molar-refractivity contribution in [3.05, 3.63) is 23.8 Å². The zero-order valence-corrected chi connectivity index (χ0v) is 14.4. The molecule has 114 valence electrons. The molecule has 2 atom stereocenters. The molecule has 0 saturated carbocycles. The van der Waals surface area contributed by atoms with Crippen molar-refractivity contribution in [2.45, 2.75) is 32.4 Å². The van der Waals surface area contributed by atoms with Crippen molar-refractivity contribution in [3.63, 3.8) is 0 Å². The topological polar surface area (TPSA) is 24.5 Å². The first kappa shape index (κ1) is 17.2. The van der Waals surface area contributed by atoms with E-state index >= 15 is 0 Å². The monoisotopic (exact) mass is 296 g/mol. The lowest BCUT2D eigenvalue weighted by atomic mass is 10.0. The van der Waals surface area contributed by atoms with E-state index in [0.717, 1.165) is 17.9 Å². The number of anilines is 1. The molecule has 1 rings (SSSR count). The summed E-state index contributed by atoms with van der Waals surface area (Å²) in [6.07, 6.45) is 3.31. The van der Waals surface area contributed by atoms with E-state index in [0.29, 0.717) is 6.04 Å². The van der Waals surface area contributed by atoms with Crippen molar-refractivity contribution in [2.75, 3.05) is 38.1 Å². The Bertz CT molecular complexity index is 411. The summed E-state index contributed by atoms with van der Waals surface area (Å²) in [6.45, 7) is 4.42. The van der Waals surface area contributed by atoms with E-state index in [1.165, 1.54) is 11.3 Å². The van der Waals surface area contributed by atoms with Crippen molar-refractivity contribution in [3.8, 4) is 5.75 Å². The molecule has 0 heterocycles. The molecule has 3 nitrogen and oxygen atoms in total. The maximum absolute atomic E-state index is 5.56. The fraction of sp³-hybridized carbons (Fsp3) is 0.625. The van der Waals surface area contributed by atoms with E-state index in [4.69, 9.17) is 4.74 Å². The van der Waals surface area contributed by atoms with E-state index < -0.39 is 0 Å². The molecule has 0 spiro atoms. The van der Waals surface area contributed by atoms with Gasteiger partial charge in [-0.2, -0.15) is 11.8 Å². The van der Waals surface area contributed by atoms with Gasteiger partial charge in [0.25, 0.3) is 0 Å². The van der Waals surface area contributed by atoms with E-state index in [1.54, 1.807) is 7.11 Å². The molecule has 1 aromatic carbocycles. The first-order valence-corrected chi connectivity index (χ1v) is 8.55. The molecule has 0 aliphatic rings. The highest BCUT2D eigenvalue weighted by molar-refractivity contribution is 7.98. The summed E-state index contributed by atoms with van der Waals surface area (Å²) < 4.78 is 5.56. The number of nitrogens with one attached hydrogen (secondary N) is 1. The van der Waals surface area contributed by atoms with Crippen molar-refractivity contribution in [1.82, 2.24) is 5.32 Å². The summed E-state index contributed by atoms with van der Waals surface area (Å²) >= 11 is 1.90. The highest BCUT2D eigenvalue weighted by Crippen LogP contribution is 2.35. The lowest BCUT2D eigenvalue weighted by Crippen LogP contribution is -2.34. The predicted octanol–water partition coefficient (Wildman–Crippen LogP) is 3.55. The average Bonchev–Trinajstić information content (AvgIpc) is 2.50. The molecule has 0 aliphatic heterocycles. The molecular weight excluding hydrogens is 268 g/mol. The maximum Gasteiger partial charge on any atom is 0.125 e. The van der Waals surface area contributed by atoms with Gasteiger partial charge in [0.2, 0.25) is 0 Å². The second-order valence-electron chi connectivity index (χ2n) is 5.03. The summed E-state index contributed by atoms with van der Waals surface area (Å²) in [5.41, 5.74) is 2.49. The zero-order valence-electron chi connectivity index (χ0n) is 13.6. The van der Waals surface area contributed by atoms with Crippen molar-refractivity contribution < 1.29 is 4.74 Å². The highest BCUT2D eigenvalue weighted by atomic mass is 32.2. The zero-order chi connectivity index (χ0) is 15.1. The minimum Gasteiger partial charge on any atom is -0.496 e. The Balaban J connectivity index is 3.21. The van der Waals surface area contributed by atoms with Gasteiger partial charge in [-0.25, -0.2) is 0 Å². The van der Waals surface area contributed by atoms with Crippen LogP contribution in [0.25, 0.3) is 0 Å². The van der Waals surface area contributed by atoms with E-state index in [9.17, 15) is 0 Å². The predicted molar refractivity (Wildman–Crippen MR) is 91.3 cm³/mol. The van der Waals surface area contributed by atoms with E-state index in [2.05, 4.69) is 49.5 Å². The minimum atomic E-state index is 0.260. The third-order valence-electron chi connectivity index (χ3n) is 3.89. The molecule has 1 N–H and O–H groups in total. The number of nitrogens with zero attached hydrogens (tertiary/aromatic N) is 1. The number of methoxy groups -OCH3 is 1. The summed E-state index contributed by atoms with van der Waals surface area (Å²) in [4.78, 5) is 2.39. The third-order valence-corrected chi connectivity index (χ3v) is 4.61. The van der Waals surface area contributed by atoms with Crippen LogP contribution in [0.3, 0.4) is 0 Å². The molecule has 0 radical (unpaired) electrons. The van der Waals surface area contributed by atoms with Gasteiger partial charge in [-0.1, -0.05) is 13.0 Å². The Hall–Kier alpha value is -0.870. The number of hydrogen-bond donors (Lipinski definition) is 1. The standard InChI is InChI=1S/C16H28N2OS/c1-7-13(11-20-6)18(4)14-9-8-10-15(19-5)16(14)12(2)17-3/h8-10,12-13,17H,7,11H2,1-6H3. The molecule has 0 aromatic heterocycles. The fourth-order valence-corrected chi connectivity index (χ4v) is 3.33. The normalized spacial score (nSPS) is 13.9. The number of hydrogen-bond acceptors (Lipinski definition) is 4. The van der Waals surface area contributed by atoms with Gasteiger partial charge in [0, 0.05) is 36.1 Å². The van der Waals surface area contributed by atoms with Gasteiger partial charge in [-0.05, 0) is 38.8 Å². The van der Waals surface area contributed by atoms with Crippen molar-refractivity contribution in [1.29, 1.82) is 0 Å². The van der Waals surface area contributed by atoms with Crippen LogP contribution in [0.4, 0.5) is 5.69 Å². The maximum atomic E-state index is 5.56. The molecule has 2 unspecified atom stereocenters. The smallest absolute Gasteiger partial charge is 0.125 e. The quantitative estimate of drug-likeness (QED) is 0.793. The van der Waals surface area contributed by atoms with Gasteiger partial charge in [-0.3, -0.25) is 0 Å². The largest absolute Gasteiger partial charge is 0.496 e. The van der Waals surface area contributed by atoms with E-state index in [1.807, 2.05) is 24.9 Å². The van der Waals surface area contributed by atoms with Crippen LogP contribution in [0.2, 0.25) is 0 Å². The van der Waals surface area contributed by atoms with Gasteiger partial charge in [0.15, 0.2) is 0 Å². The van der Waals surface area contributed by atoms with E-state index in [-0.39, 0.29) is 6.04 Å². The number of benzene rings is 1. The number of thioether (sulfide) groups is 1. The van der Waals surface area contributed by atoms with Crippen LogP contribution in [0.5, 0.6) is 5.75 Å². The lowest BCUT2D eigenvalue weighted by Gasteiger charge is -2.32. The Morgan fingerprint density at radius 1 is 1.40 bits per heavy atom. The first-order valence-electron chi connectivity index (χ1n) is 7.16. The Labute approximate surface area is 128 Å². The van der Waals surface area contributed by atoms with Crippen LogP contribution in [0.15, 0.2) is 18.2 Å². The first-order chi connectivity index (χ1) is 9.60. The van der Waals surface area contributed by atoms with Gasteiger partial charge < -0.3 is 15.0 Å². The van der Waals surface area contributed by atoms with Gasteiger partial charge >= 0.3 is 0 Å². The number of rotatable bonds is 8. The fourth-order valence-electron chi connectivity index (χ4n) is 2.49. The summed E-state index contributed by atoms with van der Waals surface area (Å²) in [7, 11) is 5.91. The minimum absolute atomic E-state index is 0.260. The van der Waals surface area contributed by atoms with Crippen LogP contribution < -0.4 is 15.0 Å². The molecule has 0 bridgehead atoms. The van der Waals surface area contributed by atoms with Crippen molar-refractivity contribution in [2.24, 2.45) is 0 Å². The average molecular weight is 296 g/mol. The van der Waals surface area contributed by atoms with Crippen LogP contribution in [0, 0.1) is 0 Å².